The molecule has 0 spiro atoms. The smallest absolute Gasteiger partial charge is 0.315 e. The van der Waals surface area contributed by atoms with Crippen molar-refractivity contribution < 1.29 is 9.53 Å². The van der Waals surface area contributed by atoms with Crippen molar-refractivity contribution in [2.45, 2.75) is 19.8 Å². The third-order valence-electron chi connectivity index (χ3n) is 2.54. The molecule has 2 N–H and O–H groups in total. The van der Waals surface area contributed by atoms with E-state index in [1.165, 1.54) is 13.3 Å². The molecule has 1 rings (SSSR count). The van der Waals surface area contributed by atoms with E-state index in [0.29, 0.717) is 0 Å². The van der Waals surface area contributed by atoms with Crippen LogP contribution in [0.15, 0.2) is 23.9 Å². The van der Waals surface area contributed by atoms with Crippen molar-refractivity contribution in [3.63, 3.8) is 0 Å². The third kappa shape index (κ3) is 1.74. The second-order valence-corrected chi connectivity index (χ2v) is 3.31. The van der Waals surface area contributed by atoms with Crippen molar-refractivity contribution in [2.75, 3.05) is 7.11 Å². The fourth-order valence-corrected chi connectivity index (χ4v) is 1.44. The number of carbonyl (C=O) groups is 1. The summed E-state index contributed by atoms with van der Waals surface area (Å²) < 4.78 is 4.74. The lowest BCUT2D eigenvalue weighted by Crippen LogP contribution is -2.18. The monoisotopic (exact) mass is 181 g/mol. The zero-order chi connectivity index (χ0) is 9.90. The molecule has 0 saturated heterocycles. The zero-order valence-electron chi connectivity index (χ0n) is 8.04. The number of methoxy groups -OCH3 is 1. The lowest BCUT2D eigenvalue weighted by molar-refractivity contribution is -0.145. The number of nitrogens with two attached hydrogens (primary N) is 1. The number of hydrogen-bond acceptors (Lipinski definition) is 3. The highest BCUT2D eigenvalue weighted by Crippen LogP contribution is 2.52. The maximum Gasteiger partial charge on any atom is 0.315 e. The molecule has 0 radical (unpaired) electrons. The van der Waals surface area contributed by atoms with Crippen LogP contribution in [-0.4, -0.2) is 13.1 Å². The van der Waals surface area contributed by atoms with E-state index < -0.39 is 0 Å². The predicted octanol–water partition coefficient (Wildman–Crippen LogP) is 1.36. The Labute approximate surface area is 78.3 Å². The summed E-state index contributed by atoms with van der Waals surface area (Å²) in [7, 11) is 1.43. The van der Waals surface area contributed by atoms with E-state index in [0.717, 1.165) is 18.4 Å². The fourth-order valence-electron chi connectivity index (χ4n) is 1.44. The van der Waals surface area contributed by atoms with E-state index in [4.69, 9.17) is 10.5 Å². The van der Waals surface area contributed by atoms with E-state index in [2.05, 4.69) is 0 Å². The Balaban J connectivity index is 2.76. The lowest BCUT2D eigenvalue weighted by atomic mass is 9.97. The Morgan fingerprint density at radius 1 is 1.54 bits per heavy atom. The summed E-state index contributed by atoms with van der Waals surface area (Å²) in [5.74, 6) is -0.133. The first-order valence-electron chi connectivity index (χ1n) is 4.31. The molecule has 1 fully saturated rings. The minimum Gasteiger partial charge on any atom is -0.468 e. The molecule has 0 amide bonds. The third-order valence-corrected chi connectivity index (χ3v) is 2.54. The summed E-state index contributed by atoms with van der Waals surface area (Å²) >= 11 is 0. The van der Waals surface area contributed by atoms with Gasteiger partial charge in [-0.15, -0.1) is 0 Å². The molecule has 0 aromatic carbocycles. The topological polar surface area (TPSA) is 52.3 Å². The van der Waals surface area contributed by atoms with Crippen molar-refractivity contribution in [3.8, 4) is 0 Å². The second kappa shape index (κ2) is 3.64. The number of hydrogen-bond donors (Lipinski definition) is 1. The predicted molar refractivity (Wildman–Crippen MR) is 50.8 cm³/mol. The molecule has 1 aliphatic carbocycles. The number of allylic oxidation sites excluding steroid dienone is 2. The minimum atomic E-state index is -0.339. The quantitative estimate of drug-likeness (QED) is 0.528. The van der Waals surface area contributed by atoms with Crippen LogP contribution in [0.25, 0.3) is 0 Å². The van der Waals surface area contributed by atoms with Crippen LogP contribution < -0.4 is 5.73 Å². The van der Waals surface area contributed by atoms with Gasteiger partial charge in [-0.25, -0.2) is 0 Å². The van der Waals surface area contributed by atoms with Gasteiger partial charge in [0.25, 0.3) is 0 Å². The average Bonchev–Trinajstić information content (AvgIpc) is 2.93. The van der Waals surface area contributed by atoms with E-state index in [-0.39, 0.29) is 11.4 Å². The van der Waals surface area contributed by atoms with E-state index in [1.54, 1.807) is 6.08 Å². The van der Waals surface area contributed by atoms with Gasteiger partial charge in [0.15, 0.2) is 0 Å². The molecule has 0 heterocycles. The SMILES string of the molecule is COC(=O)C1(/C(C)=C/C=C/N)CC1. The van der Waals surface area contributed by atoms with Gasteiger partial charge in [-0.3, -0.25) is 4.79 Å². The largest absolute Gasteiger partial charge is 0.468 e. The number of esters is 1. The first kappa shape index (κ1) is 9.84. The van der Waals surface area contributed by atoms with Crippen LogP contribution in [0, 0.1) is 5.41 Å². The Morgan fingerprint density at radius 3 is 2.54 bits per heavy atom. The van der Waals surface area contributed by atoms with Crippen LogP contribution in [-0.2, 0) is 9.53 Å². The first-order valence-corrected chi connectivity index (χ1v) is 4.31. The van der Waals surface area contributed by atoms with Crippen LogP contribution in [0.3, 0.4) is 0 Å². The summed E-state index contributed by atoms with van der Waals surface area (Å²) in [6.45, 7) is 1.93. The maximum atomic E-state index is 11.4. The molecule has 0 aromatic rings. The van der Waals surface area contributed by atoms with E-state index >= 15 is 0 Å². The molecule has 0 unspecified atom stereocenters. The highest BCUT2D eigenvalue weighted by molar-refractivity contribution is 5.83. The van der Waals surface area contributed by atoms with Crippen molar-refractivity contribution >= 4 is 5.97 Å². The number of ether oxygens (including phenoxy) is 1. The Morgan fingerprint density at radius 2 is 2.15 bits per heavy atom. The molecule has 0 aromatic heterocycles. The van der Waals surface area contributed by atoms with Gasteiger partial charge in [0.2, 0.25) is 0 Å². The number of carbonyl (C=O) groups excluding carboxylic acids is 1. The molecule has 3 nitrogen and oxygen atoms in total. The van der Waals surface area contributed by atoms with Crippen LogP contribution in [0.2, 0.25) is 0 Å². The van der Waals surface area contributed by atoms with Crippen molar-refractivity contribution in [2.24, 2.45) is 11.1 Å². The van der Waals surface area contributed by atoms with Gasteiger partial charge in [0, 0.05) is 0 Å². The van der Waals surface area contributed by atoms with Gasteiger partial charge in [0.05, 0.1) is 12.5 Å². The Bertz CT molecular complexity index is 262. The minimum absolute atomic E-state index is 0.133. The molecule has 13 heavy (non-hydrogen) atoms. The summed E-state index contributed by atoms with van der Waals surface area (Å²) in [6, 6.07) is 0. The van der Waals surface area contributed by atoms with E-state index in [9.17, 15) is 4.79 Å². The first-order chi connectivity index (χ1) is 6.17. The van der Waals surface area contributed by atoms with Crippen LogP contribution in [0.4, 0.5) is 0 Å². The maximum absolute atomic E-state index is 11.4. The summed E-state index contributed by atoms with van der Waals surface area (Å²) in [5.41, 5.74) is 5.90. The fraction of sp³-hybridized carbons (Fsp3) is 0.500. The average molecular weight is 181 g/mol. The summed E-state index contributed by atoms with van der Waals surface area (Å²) in [5, 5.41) is 0. The van der Waals surface area contributed by atoms with Gasteiger partial charge in [-0.1, -0.05) is 11.6 Å². The zero-order valence-corrected chi connectivity index (χ0v) is 8.04. The molecule has 72 valence electrons. The van der Waals surface area contributed by atoms with Gasteiger partial charge in [-0.2, -0.15) is 0 Å². The molecule has 0 bridgehead atoms. The van der Waals surface area contributed by atoms with Gasteiger partial charge < -0.3 is 10.5 Å². The highest BCUT2D eigenvalue weighted by Gasteiger charge is 2.52. The standard InChI is InChI=1S/C10H15NO2/c1-8(4-3-7-11)10(5-6-10)9(12)13-2/h3-4,7H,5-6,11H2,1-2H3/b7-3+,8-4+. The summed E-state index contributed by atoms with van der Waals surface area (Å²) in [4.78, 5) is 11.4. The van der Waals surface area contributed by atoms with Crippen LogP contribution in [0.5, 0.6) is 0 Å². The van der Waals surface area contributed by atoms with Crippen molar-refractivity contribution in [1.82, 2.24) is 0 Å². The van der Waals surface area contributed by atoms with Crippen LogP contribution >= 0.6 is 0 Å². The lowest BCUT2D eigenvalue weighted by Gasteiger charge is -2.12. The molecule has 1 aliphatic rings. The molecule has 3 heteroatoms. The normalized spacial score (nSPS) is 20.3. The van der Waals surface area contributed by atoms with Gasteiger partial charge >= 0.3 is 5.97 Å². The summed E-state index contributed by atoms with van der Waals surface area (Å²) in [6.07, 6.45) is 6.83. The Hall–Kier alpha value is -1.25. The second-order valence-electron chi connectivity index (χ2n) is 3.31. The molecular weight excluding hydrogens is 166 g/mol. The van der Waals surface area contributed by atoms with Crippen molar-refractivity contribution in [3.05, 3.63) is 23.9 Å². The highest BCUT2D eigenvalue weighted by atomic mass is 16.5. The van der Waals surface area contributed by atoms with Crippen LogP contribution in [0.1, 0.15) is 19.8 Å². The molecule has 0 aliphatic heterocycles. The van der Waals surface area contributed by atoms with E-state index in [1.807, 2.05) is 13.0 Å². The van der Waals surface area contributed by atoms with Gasteiger partial charge in [-0.05, 0) is 32.0 Å². The van der Waals surface area contributed by atoms with Crippen molar-refractivity contribution in [1.29, 1.82) is 0 Å². The molecule has 1 saturated carbocycles. The Kier molecular flexibility index (Phi) is 2.76. The molecule has 0 atom stereocenters. The van der Waals surface area contributed by atoms with Gasteiger partial charge in [0.1, 0.15) is 0 Å². The molecular formula is C10H15NO2. The number of rotatable bonds is 3.